The van der Waals surface area contributed by atoms with Crippen molar-refractivity contribution in [2.45, 2.75) is 13.0 Å². The van der Waals surface area contributed by atoms with Crippen LogP contribution in [0.25, 0.3) is 0 Å². The van der Waals surface area contributed by atoms with Crippen LogP contribution in [0.1, 0.15) is 13.0 Å². The molecule has 0 aliphatic heterocycles. The second kappa shape index (κ2) is 7.64. The highest BCUT2D eigenvalue weighted by molar-refractivity contribution is 5.93. The van der Waals surface area contributed by atoms with Gasteiger partial charge in [0.1, 0.15) is 6.04 Å². The van der Waals surface area contributed by atoms with E-state index in [4.69, 9.17) is 0 Å². The predicted molar refractivity (Wildman–Crippen MR) is 102 cm³/mol. The third kappa shape index (κ3) is 4.15. The fraction of sp³-hybridized carbons (Fsp3) is 0.222. The number of aromatic nitrogens is 4. The highest BCUT2D eigenvalue weighted by atomic mass is 16.2. The molecule has 1 aromatic carbocycles. The highest BCUT2D eigenvalue weighted by Gasteiger charge is 2.14. The van der Waals surface area contributed by atoms with Crippen LogP contribution >= 0.6 is 0 Å². The van der Waals surface area contributed by atoms with Crippen LogP contribution in [0.3, 0.4) is 0 Å². The van der Waals surface area contributed by atoms with Crippen LogP contribution in [-0.2, 0) is 4.79 Å². The minimum absolute atomic E-state index is 0.126. The Hall–Kier alpha value is -3.42. The number of hydrogen-bond donors (Lipinski definition) is 2. The molecule has 0 radical (unpaired) electrons. The number of anilines is 4. The molecule has 1 unspecified atom stereocenters. The van der Waals surface area contributed by atoms with Crippen LogP contribution in [-0.4, -0.2) is 40.0 Å². The summed E-state index contributed by atoms with van der Waals surface area (Å²) < 4.78 is 1.61. The number of nitrogens with zero attached hydrogens (tertiary/aromatic N) is 5. The monoisotopic (exact) mass is 351 g/mol. The standard InChI is InChI=1S/C18H21N7O/c1-13(25-10-4-9-20-25)18(26)22-15-7-5-14(6-8-15)21-17-11-16(24(2)3)12-19-23-17/h4-13H,1-3H3,(H,21,23)(H,22,26). The van der Waals surface area contributed by atoms with E-state index < -0.39 is 0 Å². The van der Waals surface area contributed by atoms with E-state index >= 15 is 0 Å². The minimum atomic E-state index is -0.383. The minimum Gasteiger partial charge on any atom is -0.376 e. The second-order valence-corrected chi connectivity index (χ2v) is 6.05. The van der Waals surface area contributed by atoms with E-state index in [0.29, 0.717) is 11.5 Å². The molecule has 8 nitrogen and oxygen atoms in total. The van der Waals surface area contributed by atoms with Crippen molar-refractivity contribution in [2.24, 2.45) is 0 Å². The lowest BCUT2D eigenvalue weighted by Crippen LogP contribution is -2.23. The number of nitrogens with one attached hydrogen (secondary N) is 2. The molecule has 0 spiro atoms. The van der Waals surface area contributed by atoms with Gasteiger partial charge < -0.3 is 15.5 Å². The van der Waals surface area contributed by atoms with E-state index in [-0.39, 0.29) is 11.9 Å². The average molecular weight is 351 g/mol. The van der Waals surface area contributed by atoms with Crippen molar-refractivity contribution in [3.05, 3.63) is 55.0 Å². The molecule has 0 fully saturated rings. The molecule has 3 rings (SSSR count). The molecule has 2 aromatic heterocycles. The number of benzene rings is 1. The molecular formula is C18H21N7O. The Morgan fingerprint density at radius 1 is 1.19 bits per heavy atom. The van der Waals surface area contributed by atoms with Crippen molar-refractivity contribution in [1.29, 1.82) is 0 Å². The Labute approximate surface area is 151 Å². The Morgan fingerprint density at radius 2 is 1.92 bits per heavy atom. The molecular weight excluding hydrogens is 330 g/mol. The third-order valence-electron chi connectivity index (χ3n) is 3.88. The number of amides is 1. The van der Waals surface area contributed by atoms with Crippen LogP contribution in [0.2, 0.25) is 0 Å². The molecule has 0 bridgehead atoms. The zero-order valence-electron chi connectivity index (χ0n) is 14.9. The average Bonchev–Trinajstić information content (AvgIpc) is 3.17. The van der Waals surface area contributed by atoms with Crippen molar-refractivity contribution in [2.75, 3.05) is 29.6 Å². The first-order valence-corrected chi connectivity index (χ1v) is 8.20. The fourth-order valence-corrected chi connectivity index (χ4v) is 2.32. The summed E-state index contributed by atoms with van der Waals surface area (Å²) in [7, 11) is 3.89. The van der Waals surface area contributed by atoms with E-state index in [1.54, 1.807) is 36.3 Å². The number of rotatable bonds is 6. The summed E-state index contributed by atoms with van der Waals surface area (Å²) >= 11 is 0. The predicted octanol–water partition coefficient (Wildman–Crippen LogP) is 2.68. The molecule has 1 amide bonds. The van der Waals surface area contributed by atoms with Crippen LogP contribution in [0, 0.1) is 0 Å². The van der Waals surface area contributed by atoms with E-state index in [0.717, 1.165) is 11.4 Å². The smallest absolute Gasteiger partial charge is 0.248 e. The summed E-state index contributed by atoms with van der Waals surface area (Å²) in [6.45, 7) is 1.80. The van der Waals surface area contributed by atoms with Crippen LogP contribution in [0.15, 0.2) is 55.0 Å². The Kier molecular flexibility index (Phi) is 5.12. The quantitative estimate of drug-likeness (QED) is 0.710. The largest absolute Gasteiger partial charge is 0.376 e. The van der Waals surface area contributed by atoms with Gasteiger partial charge in [-0.15, -0.1) is 5.10 Å². The van der Waals surface area contributed by atoms with Crippen molar-refractivity contribution >= 4 is 28.8 Å². The van der Waals surface area contributed by atoms with E-state index in [1.165, 1.54) is 0 Å². The van der Waals surface area contributed by atoms with Gasteiger partial charge in [-0.1, -0.05) is 0 Å². The molecule has 3 aromatic rings. The van der Waals surface area contributed by atoms with Crippen LogP contribution < -0.4 is 15.5 Å². The molecule has 1 atom stereocenters. The maximum atomic E-state index is 12.3. The number of carbonyl (C=O) groups excluding carboxylic acids is 1. The van der Waals surface area contributed by atoms with Crippen molar-refractivity contribution in [1.82, 2.24) is 20.0 Å². The summed E-state index contributed by atoms with van der Waals surface area (Å²) in [5, 5.41) is 18.2. The lowest BCUT2D eigenvalue weighted by molar-refractivity contribution is -0.119. The van der Waals surface area contributed by atoms with E-state index in [2.05, 4.69) is 25.9 Å². The second-order valence-electron chi connectivity index (χ2n) is 6.05. The van der Waals surface area contributed by atoms with Gasteiger partial charge in [-0.2, -0.15) is 10.2 Å². The highest BCUT2D eigenvalue weighted by Crippen LogP contribution is 2.20. The SMILES string of the molecule is CC(C(=O)Nc1ccc(Nc2cc(N(C)C)cnn2)cc1)n1cccn1. The van der Waals surface area contributed by atoms with Gasteiger partial charge in [0.15, 0.2) is 5.82 Å². The van der Waals surface area contributed by atoms with Crippen molar-refractivity contribution < 1.29 is 4.79 Å². The Bertz CT molecular complexity index is 860. The molecule has 0 aliphatic carbocycles. The van der Waals surface area contributed by atoms with Gasteiger partial charge in [0.2, 0.25) is 5.91 Å². The van der Waals surface area contributed by atoms with Gasteiger partial charge in [0.05, 0.1) is 11.9 Å². The summed E-state index contributed by atoms with van der Waals surface area (Å²) in [5.74, 6) is 0.527. The first-order chi connectivity index (χ1) is 12.5. The molecule has 2 heterocycles. The topological polar surface area (TPSA) is 88.0 Å². The van der Waals surface area contributed by atoms with E-state index in [9.17, 15) is 4.79 Å². The zero-order chi connectivity index (χ0) is 18.5. The normalized spacial score (nSPS) is 11.7. The molecule has 134 valence electrons. The molecule has 26 heavy (non-hydrogen) atoms. The van der Waals surface area contributed by atoms with Gasteiger partial charge in [0, 0.05) is 43.9 Å². The fourth-order valence-electron chi connectivity index (χ4n) is 2.32. The van der Waals surface area contributed by atoms with Crippen molar-refractivity contribution in [3.8, 4) is 0 Å². The molecule has 8 heteroatoms. The molecule has 0 aliphatic rings. The lowest BCUT2D eigenvalue weighted by Gasteiger charge is -2.14. The number of hydrogen-bond acceptors (Lipinski definition) is 6. The summed E-state index contributed by atoms with van der Waals surface area (Å²) in [6.07, 6.45) is 5.11. The van der Waals surface area contributed by atoms with Gasteiger partial charge >= 0.3 is 0 Å². The maximum absolute atomic E-state index is 12.3. The molecule has 2 N–H and O–H groups in total. The maximum Gasteiger partial charge on any atom is 0.248 e. The number of carbonyl (C=O) groups is 1. The first kappa shape index (κ1) is 17.4. The summed E-state index contributed by atoms with van der Waals surface area (Å²) in [4.78, 5) is 14.2. The summed E-state index contributed by atoms with van der Waals surface area (Å²) in [6, 6.07) is 10.7. The van der Waals surface area contributed by atoms with Crippen LogP contribution in [0.4, 0.5) is 22.9 Å². The Morgan fingerprint density at radius 3 is 2.58 bits per heavy atom. The van der Waals surface area contributed by atoms with Crippen molar-refractivity contribution in [3.63, 3.8) is 0 Å². The van der Waals surface area contributed by atoms with Gasteiger partial charge in [-0.25, -0.2) is 0 Å². The molecule has 0 saturated heterocycles. The van der Waals surface area contributed by atoms with Crippen LogP contribution in [0.5, 0.6) is 0 Å². The Balaban J connectivity index is 1.63. The third-order valence-corrected chi connectivity index (χ3v) is 3.88. The van der Waals surface area contributed by atoms with Gasteiger partial charge in [-0.3, -0.25) is 9.48 Å². The molecule has 0 saturated carbocycles. The van der Waals surface area contributed by atoms with Gasteiger partial charge in [0.25, 0.3) is 0 Å². The van der Waals surface area contributed by atoms with E-state index in [1.807, 2.05) is 49.3 Å². The first-order valence-electron chi connectivity index (χ1n) is 8.20. The van der Waals surface area contributed by atoms with Gasteiger partial charge in [-0.05, 0) is 37.3 Å². The zero-order valence-corrected chi connectivity index (χ0v) is 14.9. The lowest BCUT2D eigenvalue weighted by atomic mass is 10.2. The summed E-state index contributed by atoms with van der Waals surface area (Å²) in [5.41, 5.74) is 2.53.